The number of hydrogen-bond donors (Lipinski definition) is 1. The van der Waals surface area contributed by atoms with Crippen molar-refractivity contribution in [1.29, 1.82) is 0 Å². The number of aromatic nitrogens is 4. The molecule has 146 valence electrons. The number of benzene rings is 1. The van der Waals surface area contributed by atoms with Gasteiger partial charge in [0.25, 0.3) is 0 Å². The predicted molar refractivity (Wildman–Crippen MR) is 98.3 cm³/mol. The molecular weight excluding hydrogens is 363 g/mol. The Kier molecular flexibility index (Phi) is 5.05. The van der Waals surface area contributed by atoms with Gasteiger partial charge in [-0.2, -0.15) is 10.1 Å². The molecule has 28 heavy (non-hydrogen) atoms. The lowest BCUT2D eigenvalue weighted by Crippen LogP contribution is -2.44. The third-order valence-corrected chi connectivity index (χ3v) is 4.77. The number of piperidine rings is 1. The van der Waals surface area contributed by atoms with E-state index in [1.165, 1.54) is 12.1 Å². The number of carbonyl (C=O) groups excluding carboxylic acids is 1. The number of nitrogens with one attached hydrogen (secondary N) is 1. The summed E-state index contributed by atoms with van der Waals surface area (Å²) in [5.41, 5.74) is 1.46. The average molecular weight is 384 g/mol. The highest BCUT2D eigenvalue weighted by Crippen LogP contribution is 2.24. The van der Waals surface area contributed by atoms with Crippen LogP contribution in [0.3, 0.4) is 0 Å². The van der Waals surface area contributed by atoms with Gasteiger partial charge in [0.1, 0.15) is 5.82 Å². The first kappa shape index (κ1) is 18.1. The van der Waals surface area contributed by atoms with Crippen molar-refractivity contribution in [3.63, 3.8) is 0 Å². The van der Waals surface area contributed by atoms with Crippen LogP contribution in [0.15, 0.2) is 41.2 Å². The zero-order valence-corrected chi connectivity index (χ0v) is 15.5. The number of amides is 2. The molecule has 0 unspecified atom stereocenters. The molecule has 0 bridgehead atoms. The molecule has 2 aromatic heterocycles. The Morgan fingerprint density at radius 2 is 2.32 bits per heavy atom. The Hall–Kier alpha value is -3.23. The highest BCUT2D eigenvalue weighted by Gasteiger charge is 2.27. The zero-order chi connectivity index (χ0) is 19.5. The van der Waals surface area contributed by atoms with Gasteiger partial charge in [0.2, 0.25) is 5.89 Å². The maximum absolute atomic E-state index is 13.4. The molecule has 0 aliphatic carbocycles. The first-order chi connectivity index (χ1) is 13.6. The van der Waals surface area contributed by atoms with E-state index < -0.39 is 0 Å². The molecule has 3 aromatic rings. The van der Waals surface area contributed by atoms with Crippen molar-refractivity contribution in [2.24, 2.45) is 0 Å². The Balaban J connectivity index is 1.34. The van der Waals surface area contributed by atoms with Crippen molar-refractivity contribution in [2.45, 2.75) is 32.2 Å². The molecule has 1 N–H and O–H groups in total. The minimum absolute atomic E-state index is 0.0904. The highest BCUT2D eigenvalue weighted by molar-refractivity contribution is 5.74. The van der Waals surface area contributed by atoms with Crippen molar-refractivity contribution >= 4 is 6.03 Å². The molecule has 1 fully saturated rings. The van der Waals surface area contributed by atoms with Crippen molar-refractivity contribution in [1.82, 2.24) is 30.1 Å². The fourth-order valence-electron chi connectivity index (χ4n) is 3.35. The van der Waals surface area contributed by atoms with E-state index in [1.54, 1.807) is 41.0 Å². The van der Waals surface area contributed by atoms with E-state index in [0.717, 1.165) is 18.4 Å². The van der Waals surface area contributed by atoms with Crippen LogP contribution in [0.25, 0.3) is 5.69 Å². The largest absolute Gasteiger partial charge is 0.340 e. The minimum Gasteiger partial charge on any atom is -0.340 e. The van der Waals surface area contributed by atoms with Gasteiger partial charge in [-0.1, -0.05) is 11.2 Å². The molecule has 1 saturated heterocycles. The summed E-state index contributed by atoms with van der Waals surface area (Å²) in [6.45, 7) is 3.36. The number of urea groups is 1. The van der Waals surface area contributed by atoms with Crippen LogP contribution in [-0.4, -0.2) is 43.9 Å². The molecule has 1 aromatic carbocycles. The fraction of sp³-hybridized carbons (Fsp3) is 0.368. The van der Waals surface area contributed by atoms with Crippen molar-refractivity contribution in [3.05, 3.63) is 59.8 Å². The molecular formula is C19H21FN6O2. The number of nitrogens with zero attached hydrogens (tertiary/aromatic N) is 5. The topological polar surface area (TPSA) is 89.1 Å². The van der Waals surface area contributed by atoms with Gasteiger partial charge in [-0.15, -0.1) is 0 Å². The lowest BCUT2D eigenvalue weighted by atomic mass is 9.98. The Morgan fingerprint density at radius 3 is 3.11 bits per heavy atom. The quantitative estimate of drug-likeness (QED) is 0.747. The van der Waals surface area contributed by atoms with Crippen molar-refractivity contribution in [2.75, 3.05) is 13.1 Å². The van der Waals surface area contributed by atoms with Gasteiger partial charge in [0, 0.05) is 44.2 Å². The highest BCUT2D eigenvalue weighted by atomic mass is 19.1. The second-order valence-corrected chi connectivity index (χ2v) is 6.89. The van der Waals surface area contributed by atoms with Gasteiger partial charge < -0.3 is 14.7 Å². The van der Waals surface area contributed by atoms with Gasteiger partial charge in [0.15, 0.2) is 5.82 Å². The van der Waals surface area contributed by atoms with E-state index in [1.807, 2.05) is 0 Å². The summed E-state index contributed by atoms with van der Waals surface area (Å²) in [6.07, 6.45) is 5.26. The Morgan fingerprint density at radius 1 is 1.43 bits per heavy atom. The molecule has 2 amide bonds. The summed E-state index contributed by atoms with van der Waals surface area (Å²) in [7, 11) is 0. The summed E-state index contributed by atoms with van der Waals surface area (Å²) in [5, 5.41) is 11.1. The van der Waals surface area contributed by atoms with Crippen LogP contribution in [0.1, 0.15) is 36.0 Å². The van der Waals surface area contributed by atoms with Crippen LogP contribution >= 0.6 is 0 Å². The number of likely N-dealkylation sites (tertiary alicyclic amines) is 1. The van der Waals surface area contributed by atoms with Gasteiger partial charge in [-0.25, -0.2) is 13.9 Å². The summed E-state index contributed by atoms with van der Waals surface area (Å²) in [5.74, 6) is 0.963. The van der Waals surface area contributed by atoms with Crippen molar-refractivity contribution in [3.8, 4) is 5.69 Å². The van der Waals surface area contributed by atoms with E-state index in [0.29, 0.717) is 37.0 Å². The van der Waals surface area contributed by atoms with E-state index in [9.17, 15) is 9.18 Å². The Labute approximate surface area is 161 Å². The van der Waals surface area contributed by atoms with Crippen LogP contribution in [-0.2, 0) is 6.54 Å². The second kappa shape index (κ2) is 7.79. The molecule has 8 nitrogen and oxygen atoms in total. The molecule has 9 heteroatoms. The molecule has 1 aliphatic heterocycles. The summed E-state index contributed by atoms with van der Waals surface area (Å²) < 4.78 is 20.0. The number of carbonyl (C=O) groups is 1. The van der Waals surface area contributed by atoms with E-state index >= 15 is 0 Å². The van der Waals surface area contributed by atoms with Crippen LogP contribution < -0.4 is 5.32 Å². The smallest absolute Gasteiger partial charge is 0.317 e. The van der Waals surface area contributed by atoms with Crippen LogP contribution in [0, 0.1) is 12.7 Å². The lowest BCUT2D eigenvalue weighted by Gasteiger charge is -2.31. The molecule has 3 heterocycles. The molecule has 1 aliphatic rings. The van der Waals surface area contributed by atoms with Crippen LogP contribution in [0.2, 0.25) is 0 Å². The SMILES string of the molecule is Cc1nc([C@H]2CCCN(C(=O)NCc3cnn(-c4cccc(F)c4)c3)C2)no1. The van der Waals surface area contributed by atoms with E-state index in [2.05, 4.69) is 20.6 Å². The second-order valence-electron chi connectivity index (χ2n) is 6.89. The van der Waals surface area contributed by atoms with E-state index in [-0.39, 0.29) is 17.8 Å². The standard InChI is InChI=1S/C19H21FN6O2/c1-13-23-18(24-28-13)15-4-3-7-25(12-15)19(27)21-9-14-10-22-26(11-14)17-6-2-5-16(20)8-17/h2,5-6,8,10-11,15H,3-4,7,9,12H2,1H3,(H,21,27)/t15-/m0/s1. The number of halogens is 1. The molecule has 0 spiro atoms. The number of aryl methyl sites for hydroxylation is 1. The zero-order valence-electron chi connectivity index (χ0n) is 15.5. The normalized spacial score (nSPS) is 16.9. The summed E-state index contributed by atoms with van der Waals surface area (Å²) in [4.78, 5) is 18.6. The molecule has 0 radical (unpaired) electrons. The van der Waals surface area contributed by atoms with Gasteiger partial charge in [0.05, 0.1) is 11.9 Å². The molecule has 1 atom stereocenters. The first-order valence-corrected chi connectivity index (χ1v) is 9.21. The Bertz CT molecular complexity index is 969. The van der Waals surface area contributed by atoms with Crippen LogP contribution in [0.5, 0.6) is 0 Å². The maximum atomic E-state index is 13.4. The number of hydrogen-bond acceptors (Lipinski definition) is 5. The summed E-state index contributed by atoms with van der Waals surface area (Å²) in [6, 6.07) is 6.06. The third kappa shape index (κ3) is 4.03. The minimum atomic E-state index is -0.320. The average Bonchev–Trinajstić information content (AvgIpc) is 3.35. The van der Waals surface area contributed by atoms with Gasteiger partial charge >= 0.3 is 6.03 Å². The van der Waals surface area contributed by atoms with E-state index in [4.69, 9.17) is 4.52 Å². The monoisotopic (exact) mass is 384 g/mol. The third-order valence-electron chi connectivity index (χ3n) is 4.77. The predicted octanol–water partition coefficient (Wildman–Crippen LogP) is 2.79. The maximum Gasteiger partial charge on any atom is 0.317 e. The summed E-state index contributed by atoms with van der Waals surface area (Å²) >= 11 is 0. The molecule has 0 saturated carbocycles. The fourth-order valence-corrected chi connectivity index (χ4v) is 3.35. The first-order valence-electron chi connectivity index (χ1n) is 9.21. The number of rotatable bonds is 4. The van der Waals surface area contributed by atoms with Crippen molar-refractivity contribution < 1.29 is 13.7 Å². The lowest BCUT2D eigenvalue weighted by molar-refractivity contribution is 0.177. The van der Waals surface area contributed by atoms with Gasteiger partial charge in [-0.3, -0.25) is 0 Å². The van der Waals surface area contributed by atoms with Crippen LogP contribution in [0.4, 0.5) is 9.18 Å². The molecule has 4 rings (SSSR count). The van der Waals surface area contributed by atoms with Gasteiger partial charge in [-0.05, 0) is 31.0 Å².